The average Bonchev–Trinajstić information content (AvgIpc) is 1.88. The number of hydrogen-bond donors (Lipinski definition) is 0. The molecule has 0 aliphatic heterocycles. The van der Waals surface area contributed by atoms with Gasteiger partial charge in [-0.05, 0) is 19.0 Å². The minimum atomic E-state index is -2.07. The summed E-state index contributed by atoms with van der Waals surface area (Å²) in [5.41, 5.74) is 0.148. The molecule has 0 bridgehead atoms. The third-order valence-corrected chi connectivity index (χ3v) is 0.665. The zero-order valence-corrected chi connectivity index (χ0v) is 3.76. The van der Waals surface area contributed by atoms with Gasteiger partial charge in [-0.2, -0.15) is 0 Å². The summed E-state index contributed by atoms with van der Waals surface area (Å²) < 4.78 is 20.8. The Morgan fingerprint density at radius 3 is 3.14 bits per heavy atom. The first-order chi connectivity index (χ1) is 4.61. The third-order valence-electron chi connectivity index (χ3n) is 0.665. The van der Waals surface area contributed by atoms with Crippen molar-refractivity contribution in [3.8, 4) is 0 Å². The Balaban J connectivity index is 2.97. The zero-order valence-electron chi connectivity index (χ0n) is 6.76. The summed E-state index contributed by atoms with van der Waals surface area (Å²) in [7, 11) is 0. The van der Waals surface area contributed by atoms with Crippen LogP contribution in [0.1, 0.15) is 9.81 Å². The van der Waals surface area contributed by atoms with Crippen LogP contribution in [-0.4, -0.2) is 4.98 Å². The molecule has 0 saturated heterocycles. The Hall–Kier alpha value is -0.850. The van der Waals surface area contributed by atoms with Crippen LogP contribution in [0.15, 0.2) is 24.4 Å². The van der Waals surface area contributed by atoms with E-state index in [2.05, 4.69) is 4.98 Å². The lowest BCUT2D eigenvalue weighted by Crippen LogP contribution is -1.72. The molecule has 0 aromatic carbocycles. The van der Waals surface area contributed by atoms with Crippen LogP contribution in [0.2, 0.25) is 0 Å². The van der Waals surface area contributed by atoms with E-state index < -0.39 is 6.85 Å². The number of aryl methyl sites for hydroxylation is 1. The lowest BCUT2D eigenvalue weighted by atomic mass is 10.4. The first-order valence-corrected chi connectivity index (χ1v) is 2.02. The van der Waals surface area contributed by atoms with Crippen LogP contribution in [0.5, 0.6) is 0 Å². The molecular formula is C6H7N. The van der Waals surface area contributed by atoms with Crippen molar-refractivity contribution in [3.05, 3.63) is 30.1 Å². The van der Waals surface area contributed by atoms with E-state index >= 15 is 0 Å². The van der Waals surface area contributed by atoms with E-state index in [1.54, 1.807) is 12.1 Å². The van der Waals surface area contributed by atoms with Gasteiger partial charge in [0.25, 0.3) is 0 Å². The van der Waals surface area contributed by atoms with E-state index in [9.17, 15) is 0 Å². The predicted octanol–water partition coefficient (Wildman–Crippen LogP) is 1.39. The third kappa shape index (κ3) is 1.000. The molecule has 0 spiro atoms. The molecule has 1 heterocycles. The highest BCUT2D eigenvalue weighted by Crippen LogP contribution is 1.85. The SMILES string of the molecule is [2H]C([2H])([2H])c1ccccn1. The number of pyridine rings is 1. The normalized spacial score (nSPS) is 16.9. The number of aromatic nitrogens is 1. The van der Waals surface area contributed by atoms with Gasteiger partial charge in [0.1, 0.15) is 0 Å². The molecule has 0 radical (unpaired) electrons. The van der Waals surface area contributed by atoms with E-state index in [1.807, 2.05) is 0 Å². The fourth-order valence-corrected chi connectivity index (χ4v) is 0.363. The summed E-state index contributed by atoms with van der Waals surface area (Å²) in [6.07, 6.45) is 1.47. The Morgan fingerprint density at radius 1 is 1.71 bits per heavy atom. The Morgan fingerprint density at radius 2 is 2.71 bits per heavy atom. The highest BCUT2D eigenvalue weighted by molar-refractivity contribution is 4.99. The fourth-order valence-electron chi connectivity index (χ4n) is 0.363. The van der Waals surface area contributed by atoms with Crippen LogP contribution in [0.4, 0.5) is 0 Å². The first-order valence-electron chi connectivity index (χ1n) is 3.52. The monoisotopic (exact) mass is 96.1 g/mol. The second-order valence-corrected chi connectivity index (χ2v) is 1.21. The molecule has 0 N–H and O–H groups in total. The van der Waals surface area contributed by atoms with Gasteiger partial charge in [-0.3, -0.25) is 4.98 Å². The van der Waals surface area contributed by atoms with Gasteiger partial charge in [-0.25, -0.2) is 0 Å². The molecule has 0 fully saturated rings. The van der Waals surface area contributed by atoms with Crippen molar-refractivity contribution in [1.29, 1.82) is 0 Å². The van der Waals surface area contributed by atoms with Crippen LogP contribution >= 0.6 is 0 Å². The van der Waals surface area contributed by atoms with Crippen molar-refractivity contribution in [2.45, 2.75) is 6.85 Å². The van der Waals surface area contributed by atoms with Crippen LogP contribution in [-0.2, 0) is 0 Å². The molecule has 0 amide bonds. The standard InChI is InChI=1S/C6H7N/c1-6-4-2-3-5-7-6/h2-5H,1H3/i1D3. The van der Waals surface area contributed by atoms with E-state index in [0.29, 0.717) is 0 Å². The van der Waals surface area contributed by atoms with Crippen LogP contribution in [0.3, 0.4) is 0 Å². The predicted molar refractivity (Wildman–Crippen MR) is 29.0 cm³/mol. The summed E-state index contributed by atoms with van der Waals surface area (Å²) in [5, 5.41) is 0. The highest BCUT2D eigenvalue weighted by Gasteiger charge is 1.73. The number of nitrogens with zero attached hydrogens (tertiary/aromatic N) is 1. The fraction of sp³-hybridized carbons (Fsp3) is 0.167. The highest BCUT2D eigenvalue weighted by atomic mass is 14.6. The van der Waals surface area contributed by atoms with Crippen molar-refractivity contribution < 1.29 is 4.11 Å². The summed E-state index contributed by atoms with van der Waals surface area (Å²) >= 11 is 0. The van der Waals surface area contributed by atoms with Crippen LogP contribution in [0, 0.1) is 6.85 Å². The smallest absolute Gasteiger partial charge is 0.0372 e. The lowest BCUT2D eigenvalue weighted by Gasteiger charge is -1.82. The summed E-state index contributed by atoms with van der Waals surface area (Å²) in [4.78, 5) is 3.69. The Bertz CT molecular complexity index is 204. The van der Waals surface area contributed by atoms with Crippen molar-refractivity contribution in [1.82, 2.24) is 4.98 Å². The van der Waals surface area contributed by atoms with Crippen molar-refractivity contribution >= 4 is 0 Å². The summed E-state index contributed by atoms with van der Waals surface area (Å²) in [5.74, 6) is 0. The minimum absolute atomic E-state index is 0.148. The molecule has 0 aliphatic rings. The average molecular weight is 96.1 g/mol. The van der Waals surface area contributed by atoms with Crippen LogP contribution < -0.4 is 0 Å². The molecule has 0 saturated carbocycles. The maximum atomic E-state index is 6.94. The molecular weight excluding hydrogens is 86.1 g/mol. The lowest BCUT2D eigenvalue weighted by molar-refractivity contribution is 1.20. The maximum absolute atomic E-state index is 6.94. The van der Waals surface area contributed by atoms with Crippen molar-refractivity contribution in [3.63, 3.8) is 0 Å². The van der Waals surface area contributed by atoms with Gasteiger partial charge in [0.15, 0.2) is 0 Å². The van der Waals surface area contributed by atoms with Gasteiger partial charge in [-0.15, -0.1) is 0 Å². The van der Waals surface area contributed by atoms with Gasteiger partial charge in [0, 0.05) is 16.0 Å². The van der Waals surface area contributed by atoms with E-state index in [0.717, 1.165) is 0 Å². The van der Waals surface area contributed by atoms with Gasteiger partial charge < -0.3 is 0 Å². The molecule has 0 atom stereocenters. The van der Waals surface area contributed by atoms with Crippen molar-refractivity contribution in [2.75, 3.05) is 0 Å². The van der Waals surface area contributed by atoms with Gasteiger partial charge in [0.05, 0.1) is 0 Å². The molecule has 1 aromatic rings. The topological polar surface area (TPSA) is 12.9 Å². The largest absolute Gasteiger partial charge is 0.262 e. The second-order valence-electron chi connectivity index (χ2n) is 1.21. The quantitative estimate of drug-likeness (QED) is 0.475. The molecule has 36 valence electrons. The van der Waals surface area contributed by atoms with Gasteiger partial charge in [0.2, 0.25) is 0 Å². The Kier molecular flexibility index (Phi) is 0.483. The number of rotatable bonds is 0. The molecule has 7 heavy (non-hydrogen) atoms. The summed E-state index contributed by atoms with van der Waals surface area (Å²) in [6, 6.07) is 4.84. The first kappa shape index (κ1) is 1.95. The van der Waals surface area contributed by atoms with Crippen LogP contribution in [0.25, 0.3) is 0 Å². The number of hydrogen-bond acceptors (Lipinski definition) is 1. The maximum Gasteiger partial charge on any atom is 0.0372 e. The van der Waals surface area contributed by atoms with E-state index in [4.69, 9.17) is 4.11 Å². The minimum Gasteiger partial charge on any atom is -0.262 e. The second kappa shape index (κ2) is 1.73. The molecule has 1 rings (SSSR count). The molecule has 1 nitrogen and oxygen atoms in total. The molecule has 0 unspecified atom stereocenters. The molecule has 1 aromatic heterocycles. The summed E-state index contributed by atoms with van der Waals surface area (Å²) in [6.45, 7) is -2.07. The van der Waals surface area contributed by atoms with E-state index in [1.165, 1.54) is 12.3 Å². The Labute approximate surface area is 47.2 Å². The zero-order chi connectivity index (χ0) is 7.61. The molecule has 1 heteroatoms. The van der Waals surface area contributed by atoms with E-state index in [-0.39, 0.29) is 5.69 Å². The van der Waals surface area contributed by atoms with Gasteiger partial charge >= 0.3 is 0 Å². The van der Waals surface area contributed by atoms with Gasteiger partial charge in [-0.1, -0.05) is 6.07 Å². The molecule has 0 aliphatic carbocycles. The van der Waals surface area contributed by atoms with Crippen molar-refractivity contribution in [2.24, 2.45) is 0 Å².